The fraction of sp³-hybridized carbons (Fsp3) is 0.429. The monoisotopic (exact) mass is 441 g/mol. The maximum atomic E-state index is 12.5. The van der Waals surface area contributed by atoms with Gasteiger partial charge in [0.15, 0.2) is 0 Å². The first-order chi connectivity index (χ1) is 14.2. The van der Waals surface area contributed by atoms with Gasteiger partial charge in [-0.3, -0.25) is 9.59 Å². The predicted molar refractivity (Wildman–Crippen MR) is 107 cm³/mol. The van der Waals surface area contributed by atoms with Crippen LogP contribution in [0.15, 0.2) is 35.7 Å². The number of halogens is 3. The van der Waals surface area contributed by atoms with Crippen LogP contribution < -0.4 is 10.1 Å². The summed E-state index contributed by atoms with van der Waals surface area (Å²) in [4.78, 5) is 23.8. The van der Waals surface area contributed by atoms with Crippen LogP contribution in [-0.4, -0.2) is 29.4 Å². The lowest BCUT2D eigenvalue weighted by Gasteiger charge is -2.28. The van der Waals surface area contributed by atoms with Gasteiger partial charge in [-0.15, -0.1) is 24.5 Å². The van der Waals surface area contributed by atoms with E-state index in [0.717, 1.165) is 31.2 Å². The first kappa shape index (κ1) is 22.1. The lowest BCUT2D eigenvalue weighted by atomic mass is 9.83. The van der Waals surface area contributed by atoms with E-state index in [4.69, 9.17) is 5.11 Å². The molecule has 1 aliphatic carbocycles. The fourth-order valence-electron chi connectivity index (χ4n) is 3.64. The van der Waals surface area contributed by atoms with Gasteiger partial charge in [0.25, 0.3) is 5.91 Å². The number of ether oxygens (including phenoxy) is 1. The zero-order valence-electron chi connectivity index (χ0n) is 16.1. The molecule has 0 unspecified atom stereocenters. The van der Waals surface area contributed by atoms with E-state index < -0.39 is 12.3 Å². The number of carbonyl (C=O) groups is 2. The SMILES string of the molecule is O=C(O)CCC1CCC(NC(=O)c2cc(-c3ccc(OC(F)(F)F)cc3)cs2)CC1. The smallest absolute Gasteiger partial charge is 0.481 e. The van der Waals surface area contributed by atoms with Gasteiger partial charge in [-0.1, -0.05) is 12.1 Å². The van der Waals surface area contributed by atoms with Crippen LogP contribution in [0.1, 0.15) is 48.2 Å². The molecule has 1 saturated carbocycles. The average molecular weight is 441 g/mol. The summed E-state index contributed by atoms with van der Waals surface area (Å²) in [5.41, 5.74) is 1.44. The molecule has 0 saturated heterocycles. The molecule has 0 radical (unpaired) electrons. The minimum Gasteiger partial charge on any atom is -0.481 e. The summed E-state index contributed by atoms with van der Waals surface area (Å²) >= 11 is 1.28. The summed E-state index contributed by atoms with van der Waals surface area (Å²) in [6.07, 6.45) is -0.408. The maximum Gasteiger partial charge on any atom is 0.573 e. The van der Waals surface area contributed by atoms with Crippen LogP contribution in [0.4, 0.5) is 13.2 Å². The molecule has 1 heterocycles. The summed E-state index contributed by atoms with van der Waals surface area (Å²) in [6.45, 7) is 0. The van der Waals surface area contributed by atoms with Crippen molar-refractivity contribution in [2.45, 2.75) is 50.9 Å². The number of carbonyl (C=O) groups excluding carboxylic acids is 1. The average Bonchev–Trinajstić information content (AvgIpc) is 3.17. The van der Waals surface area contributed by atoms with Crippen molar-refractivity contribution in [1.82, 2.24) is 5.32 Å². The van der Waals surface area contributed by atoms with Crippen LogP contribution in [0.5, 0.6) is 5.75 Å². The highest BCUT2D eigenvalue weighted by Crippen LogP contribution is 2.31. The number of benzene rings is 1. The second kappa shape index (κ2) is 9.51. The molecule has 2 N–H and O–H groups in total. The number of carboxylic acid groups (broad SMARTS) is 1. The van der Waals surface area contributed by atoms with Gasteiger partial charge in [-0.25, -0.2) is 0 Å². The molecule has 0 aliphatic heterocycles. The number of nitrogens with one attached hydrogen (secondary N) is 1. The summed E-state index contributed by atoms with van der Waals surface area (Å²) in [5.74, 6) is -0.844. The van der Waals surface area contributed by atoms with Gasteiger partial charge in [-0.2, -0.15) is 0 Å². The van der Waals surface area contributed by atoms with Gasteiger partial charge in [0.2, 0.25) is 0 Å². The van der Waals surface area contributed by atoms with Gasteiger partial charge in [0.1, 0.15) is 5.75 Å². The molecule has 1 amide bonds. The van der Waals surface area contributed by atoms with Crippen LogP contribution in [0, 0.1) is 5.92 Å². The van der Waals surface area contributed by atoms with Gasteiger partial charge in [-0.05, 0) is 72.7 Å². The molecule has 9 heteroatoms. The normalized spacial score (nSPS) is 19.3. The number of thiophene rings is 1. The van der Waals surface area contributed by atoms with Crippen LogP contribution in [0.25, 0.3) is 11.1 Å². The molecule has 0 spiro atoms. The van der Waals surface area contributed by atoms with Crippen LogP contribution in [0.3, 0.4) is 0 Å². The van der Waals surface area contributed by atoms with Crippen LogP contribution >= 0.6 is 11.3 Å². The zero-order chi connectivity index (χ0) is 21.7. The highest BCUT2D eigenvalue weighted by atomic mass is 32.1. The summed E-state index contributed by atoms with van der Waals surface area (Å²) in [5, 5.41) is 13.6. The van der Waals surface area contributed by atoms with Gasteiger partial charge in [0, 0.05) is 12.5 Å². The number of hydrogen-bond acceptors (Lipinski definition) is 4. The summed E-state index contributed by atoms with van der Waals surface area (Å²) < 4.78 is 40.6. The Morgan fingerprint density at radius 2 is 1.77 bits per heavy atom. The van der Waals surface area contributed by atoms with Crippen LogP contribution in [0.2, 0.25) is 0 Å². The number of hydrogen-bond donors (Lipinski definition) is 2. The minimum atomic E-state index is -4.73. The first-order valence-corrected chi connectivity index (χ1v) is 10.5. The number of rotatable bonds is 7. The van der Waals surface area contributed by atoms with E-state index in [1.54, 1.807) is 11.4 Å². The summed E-state index contributed by atoms with van der Waals surface area (Å²) in [6, 6.07) is 7.30. The predicted octanol–water partition coefficient (Wildman–Crippen LogP) is 5.47. The topological polar surface area (TPSA) is 75.6 Å². The van der Waals surface area contributed by atoms with Gasteiger partial charge in [0.05, 0.1) is 4.88 Å². The molecule has 162 valence electrons. The summed E-state index contributed by atoms with van der Waals surface area (Å²) in [7, 11) is 0. The maximum absolute atomic E-state index is 12.5. The van der Waals surface area contributed by atoms with Crippen molar-refractivity contribution in [3.8, 4) is 16.9 Å². The number of aliphatic carboxylic acids is 1. The molecule has 0 atom stereocenters. The molecule has 1 aliphatic rings. The zero-order valence-corrected chi connectivity index (χ0v) is 16.9. The lowest BCUT2D eigenvalue weighted by Crippen LogP contribution is -2.37. The number of amides is 1. The van der Waals surface area contributed by atoms with E-state index in [0.29, 0.717) is 22.8 Å². The Labute approximate surface area is 175 Å². The Morgan fingerprint density at radius 3 is 2.37 bits per heavy atom. The van der Waals surface area contributed by atoms with E-state index in [1.165, 1.54) is 35.6 Å². The van der Waals surface area contributed by atoms with Crippen molar-refractivity contribution in [2.24, 2.45) is 5.92 Å². The quantitative estimate of drug-likeness (QED) is 0.598. The van der Waals surface area contributed by atoms with Crippen LogP contribution in [-0.2, 0) is 4.79 Å². The molecule has 1 fully saturated rings. The fourth-order valence-corrected chi connectivity index (χ4v) is 4.45. The molecular weight excluding hydrogens is 419 g/mol. The minimum absolute atomic E-state index is 0.0722. The second-order valence-corrected chi connectivity index (χ2v) is 8.31. The van der Waals surface area contributed by atoms with E-state index in [2.05, 4.69) is 10.1 Å². The van der Waals surface area contributed by atoms with Crippen molar-refractivity contribution >= 4 is 23.2 Å². The molecular formula is C21H22F3NO4S. The van der Waals surface area contributed by atoms with E-state index in [-0.39, 0.29) is 24.1 Å². The third-order valence-electron chi connectivity index (χ3n) is 5.19. The second-order valence-electron chi connectivity index (χ2n) is 7.40. The molecule has 1 aromatic carbocycles. The molecule has 3 rings (SSSR count). The van der Waals surface area contributed by atoms with E-state index in [9.17, 15) is 22.8 Å². The Hall–Kier alpha value is -2.55. The molecule has 30 heavy (non-hydrogen) atoms. The van der Waals surface area contributed by atoms with Gasteiger partial charge < -0.3 is 15.2 Å². The molecule has 1 aromatic heterocycles. The third kappa shape index (κ3) is 6.48. The number of carboxylic acids is 1. The largest absolute Gasteiger partial charge is 0.573 e. The first-order valence-electron chi connectivity index (χ1n) is 9.67. The molecule has 5 nitrogen and oxygen atoms in total. The Kier molecular flexibility index (Phi) is 7.02. The van der Waals surface area contributed by atoms with Crippen molar-refractivity contribution in [3.63, 3.8) is 0 Å². The van der Waals surface area contributed by atoms with Crippen molar-refractivity contribution in [2.75, 3.05) is 0 Å². The standard InChI is InChI=1S/C21H22F3NO4S/c22-21(23,24)29-17-8-4-14(5-9-17)15-11-18(30-12-15)20(28)25-16-6-1-13(2-7-16)3-10-19(26)27/h4-5,8-9,11-13,16H,1-3,6-7,10H2,(H,25,28)(H,26,27). The highest BCUT2D eigenvalue weighted by Gasteiger charge is 2.31. The third-order valence-corrected chi connectivity index (χ3v) is 6.12. The van der Waals surface area contributed by atoms with E-state index in [1.807, 2.05) is 0 Å². The Bertz CT molecular complexity index is 871. The van der Waals surface area contributed by atoms with Gasteiger partial charge >= 0.3 is 12.3 Å². The molecule has 2 aromatic rings. The van der Waals surface area contributed by atoms with Crippen molar-refractivity contribution in [3.05, 3.63) is 40.6 Å². The lowest BCUT2D eigenvalue weighted by molar-refractivity contribution is -0.274. The van der Waals surface area contributed by atoms with Crippen molar-refractivity contribution in [1.29, 1.82) is 0 Å². The number of alkyl halides is 3. The molecule has 0 bridgehead atoms. The highest BCUT2D eigenvalue weighted by molar-refractivity contribution is 7.12. The van der Waals surface area contributed by atoms with Crippen molar-refractivity contribution < 1.29 is 32.6 Å². The van der Waals surface area contributed by atoms with E-state index >= 15 is 0 Å². The Balaban J connectivity index is 1.52. The Morgan fingerprint density at radius 1 is 1.10 bits per heavy atom.